The van der Waals surface area contributed by atoms with E-state index in [2.05, 4.69) is 20.3 Å². The molecule has 0 spiro atoms. The van der Waals surface area contributed by atoms with Crippen LogP contribution in [0, 0.1) is 6.92 Å². The fourth-order valence-electron chi connectivity index (χ4n) is 3.37. The van der Waals surface area contributed by atoms with Crippen molar-refractivity contribution in [1.29, 1.82) is 0 Å². The summed E-state index contributed by atoms with van der Waals surface area (Å²) in [5, 5.41) is 3.22. The third kappa shape index (κ3) is 4.77. The van der Waals surface area contributed by atoms with Crippen LogP contribution in [-0.4, -0.2) is 39.9 Å². The summed E-state index contributed by atoms with van der Waals surface area (Å²) in [5.74, 6) is 2.25. The minimum absolute atomic E-state index is 0.0439. The lowest BCUT2D eigenvalue weighted by molar-refractivity contribution is 0.174. The number of halogens is 1. The summed E-state index contributed by atoms with van der Waals surface area (Å²) in [4.78, 5) is 26.1. The SMILES string of the molecule is Cc1nc(NC(C)c2ccc(Oc3ccccc3)cc2)nc(N2C(=O)OC[C@@H]2C(C)F)n1. The first-order chi connectivity index (χ1) is 15.4. The van der Waals surface area contributed by atoms with Gasteiger partial charge in [0.2, 0.25) is 11.9 Å². The Kier molecular flexibility index (Phi) is 6.16. The van der Waals surface area contributed by atoms with Gasteiger partial charge >= 0.3 is 6.09 Å². The van der Waals surface area contributed by atoms with Gasteiger partial charge in [-0.1, -0.05) is 30.3 Å². The van der Waals surface area contributed by atoms with Crippen molar-refractivity contribution in [2.24, 2.45) is 0 Å². The maximum Gasteiger partial charge on any atom is 0.417 e. The first kappa shape index (κ1) is 21.5. The first-order valence-electron chi connectivity index (χ1n) is 10.3. The van der Waals surface area contributed by atoms with Crippen LogP contribution in [0.2, 0.25) is 0 Å². The van der Waals surface area contributed by atoms with Crippen LogP contribution in [0.3, 0.4) is 0 Å². The highest BCUT2D eigenvalue weighted by atomic mass is 19.1. The summed E-state index contributed by atoms with van der Waals surface area (Å²) in [7, 11) is 0. The average Bonchev–Trinajstić information content (AvgIpc) is 3.16. The summed E-state index contributed by atoms with van der Waals surface area (Å²) in [6, 6.07) is 16.3. The van der Waals surface area contributed by atoms with Gasteiger partial charge in [0, 0.05) is 0 Å². The van der Waals surface area contributed by atoms with E-state index in [1.54, 1.807) is 6.92 Å². The Bertz CT molecular complexity index is 1080. The Morgan fingerprint density at radius 2 is 1.75 bits per heavy atom. The molecule has 2 aromatic carbocycles. The van der Waals surface area contributed by atoms with Crippen LogP contribution in [0.4, 0.5) is 21.1 Å². The molecule has 166 valence electrons. The molecule has 1 saturated heterocycles. The van der Waals surface area contributed by atoms with Crippen molar-refractivity contribution in [3.8, 4) is 11.5 Å². The molecule has 1 aliphatic heterocycles. The van der Waals surface area contributed by atoms with Gasteiger partial charge in [-0.05, 0) is 50.6 Å². The third-order valence-electron chi connectivity index (χ3n) is 5.09. The number of cyclic esters (lactones) is 1. The quantitative estimate of drug-likeness (QED) is 0.566. The molecular formula is C23H24FN5O3. The van der Waals surface area contributed by atoms with Gasteiger partial charge in [0.05, 0.1) is 6.04 Å². The number of carbonyl (C=O) groups excluding carboxylic acids is 1. The minimum atomic E-state index is -1.29. The number of hydrogen-bond acceptors (Lipinski definition) is 7. The zero-order valence-corrected chi connectivity index (χ0v) is 18.0. The number of aryl methyl sites for hydroxylation is 1. The zero-order chi connectivity index (χ0) is 22.7. The highest BCUT2D eigenvalue weighted by molar-refractivity contribution is 5.88. The number of anilines is 2. The molecular weight excluding hydrogens is 413 g/mol. The van der Waals surface area contributed by atoms with Crippen molar-refractivity contribution in [2.45, 2.75) is 39.0 Å². The molecule has 4 rings (SSSR count). The predicted molar refractivity (Wildman–Crippen MR) is 118 cm³/mol. The second-order valence-corrected chi connectivity index (χ2v) is 7.55. The Morgan fingerprint density at radius 1 is 1.06 bits per heavy atom. The molecule has 0 radical (unpaired) electrons. The number of amides is 1. The molecule has 1 aromatic heterocycles. The van der Waals surface area contributed by atoms with Gasteiger partial charge in [-0.2, -0.15) is 15.0 Å². The van der Waals surface area contributed by atoms with Crippen molar-refractivity contribution < 1.29 is 18.7 Å². The summed E-state index contributed by atoms with van der Waals surface area (Å²) in [6.07, 6.45) is -1.96. The molecule has 1 amide bonds. The zero-order valence-electron chi connectivity index (χ0n) is 18.0. The monoisotopic (exact) mass is 437 g/mol. The summed E-state index contributed by atoms with van der Waals surface area (Å²) >= 11 is 0. The van der Waals surface area contributed by atoms with Crippen molar-refractivity contribution in [1.82, 2.24) is 15.0 Å². The van der Waals surface area contributed by atoms with E-state index in [0.29, 0.717) is 5.82 Å². The Labute approximate surface area is 185 Å². The van der Waals surface area contributed by atoms with Crippen molar-refractivity contribution >= 4 is 18.0 Å². The third-order valence-corrected chi connectivity index (χ3v) is 5.09. The lowest BCUT2D eigenvalue weighted by atomic mass is 10.1. The van der Waals surface area contributed by atoms with E-state index < -0.39 is 18.3 Å². The molecule has 1 aliphatic rings. The molecule has 3 atom stereocenters. The van der Waals surface area contributed by atoms with Crippen molar-refractivity contribution in [2.75, 3.05) is 16.8 Å². The number of alkyl halides is 1. The second-order valence-electron chi connectivity index (χ2n) is 7.55. The lowest BCUT2D eigenvalue weighted by Gasteiger charge is -2.21. The fraction of sp³-hybridized carbons (Fsp3) is 0.304. The number of nitrogens with zero attached hydrogens (tertiary/aromatic N) is 4. The van der Waals surface area contributed by atoms with Gasteiger partial charge in [-0.15, -0.1) is 0 Å². The Morgan fingerprint density at radius 3 is 2.44 bits per heavy atom. The number of carbonyl (C=O) groups is 1. The van der Waals surface area contributed by atoms with Crippen LogP contribution in [0.1, 0.15) is 31.3 Å². The van der Waals surface area contributed by atoms with E-state index in [-0.39, 0.29) is 24.5 Å². The maximum absolute atomic E-state index is 13.9. The van der Waals surface area contributed by atoms with Crippen LogP contribution in [-0.2, 0) is 4.74 Å². The molecule has 3 aromatic rings. The molecule has 9 heteroatoms. The van der Waals surface area contributed by atoms with Gasteiger partial charge in [0.15, 0.2) is 0 Å². The molecule has 32 heavy (non-hydrogen) atoms. The number of para-hydroxylation sites is 1. The van der Waals surface area contributed by atoms with E-state index >= 15 is 0 Å². The van der Waals surface area contributed by atoms with Crippen molar-refractivity contribution in [3.05, 3.63) is 66.0 Å². The molecule has 2 unspecified atom stereocenters. The predicted octanol–water partition coefficient (Wildman–Crippen LogP) is 4.83. The standard InChI is InChI=1S/C23H24FN5O3/c1-14(24)20-13-31-23(30)29(20)22-27-16(3)26-21(28-22)25-15(2)17-9-11-19(12-10-17)32-18-7-5-4-6-8-18/h4-12,14-15,20H,13H2,1-3H3,(H,25,26,27,28)/t14?,15?,20-/m1/s1. The molecule has 0 saturated carbocycles. The van der Waals surface area contributed by atoms with Crippen LogP contribution in [0.25, 0.3) is 0 Å². The Hall–Kier alpha value is -3.75. The van der Waals surface area contributed by atoms with E-state index in [9.17, 15) is 9.18 Å². The minimum Gasteiger partial charge on any atom is -0.457 e. The van der Waals surface area contributed by atoms with Gasteiger partial charge < -0.3 is 14.8 Å². The normalized spacial score (nSPS) is 17.6. The van der Waals surface area contributed by atoms with Gasteiger partial charge in [-0.25, -0.2) is 14.1 Å². The van der Waals surface area contributed by atoms with Crippen LogP contribution in [0.5, 0.6) is 11.5 Å². The van der Waals surface area contributed by atoms with Gasteiger partial charge in [-0.3, -0.25) is 0 Å². The van der Waals surface area contributed by atoms with Crippen LogP contribution in [0.15, 0.2) is 54.6 Å². The number of benzene rings is 2. The average molecular weight is 437 g/mol. The number of aromatic nitrogens is 3. The van der Waals surface area contributed by atoms with E-state index in [0.717, 1.165) is 22.0 Å². The fourth-order valence-corrected chi connectivity index (χ4v) is 3.37. The summed E-state index contributed by atoms with van der Waals surface area (Å²) < 4.78 is 24.8. The summed E-state index contributed by atoms with van der Waals surface area (Å²) in [5.41, 5.74) is 0.987. The highest BCUT2D eigenvalue weighted by Gasteiger charge is 2.40. The van der Waals surface area contributed by atoms with E-state index in [1.165, 1.54) is 6.92 Å². The molecule has 1 fully saturated rings. The first-order valence-corrected chi connectivity index (χ1v) is 10.3. The lowest BCUT2D eigenvalue weighted by Crippen LogP contribution is -2.40. The molecule has 0 bridgehead atoms. The van der Waals surface area contributed by atoms with E-state index in [1.807, 2.05) is 61.5 Å². The Balaban J connectivity index is 1.48. The number of nitrogens with one attached hydrogen (secondary N) is 1. The highest BCUT2D eigenvalue weighted by Crippen LogP contribution is 2.26. The molecule has 2 heterocycles. The largest absolute Gasteiger partial charge is 0.457 e. The van der Waals surface area contributed by atoms with Gasteiger partial charge in [0.25, 0.3) is 0 Å². The number of ether oxygens (including phenoxy) is 2. The topological polar surface area (TPSA) is 89.5 Å². The van der Waals surface area contributed by atoms with Crippen molar-refractivity contribution in [3.63, 3.8) is 0 Å². The number of rotatable bonds is 7. The molecule has 1 N–H and O–H groups in total. The number of hydrogen-bond donors (Lipinski definition) is 1. The maximum atomic E-state index is 13.9. The molecule has 0 aliphatic carbocycles. The second kappa shape index (κ2) is 9.17. The summed E-state index contributed by atoms with van der Waals surface area (Å²) in [6.45, 7) is 4.98. The van der Waals surface area contributed by atoms with Crippen LogP contribution >= 0.6 is 0 Å². The van der Waals surface area contributed by atoms with Gasteiger partial charge in [0.1, 0.15) is 36.1 Å². The molecule has 8 nitrogen and oxygen atoms in total. The smallest absolute Gasteiger partial charge is 0.417 e. The van der Waals surface area contributed by atoms with E-state index in [4.69, 9.17) is 9.47 Å². The van der Waals surface area contributed by atoms with Crippen LogP contribution < -0.4 is 15.0 Å².